The van der Waals surface area contributed by atoms with E-state index in [1.54, 1.807) is 16.9 Å². The molecule has 0 aliphatic carbocycles. The molecule has 0 saturated heterocycles. The van der Waals surface area contributed by atoms with Gasteiger partial charge in [-0.25, -0.2) is 4.68 Å². The second kappa shape index (κ2) is 11.2. The van der Waals surface area contributed by atoms with Gasteiger partial charge in [0.25, 0.3) is 11.7 Å². The smallest absolute Gasteiger partial charge is 0.288 e. The number of nitriles is 1. The molecule has 1 aliphatic heterocycles. The van der Waals surface area contributed by atoms with Crippen LogP contribution in [-0.4, -0.2) is 34.7 Å². The highest BCUT2D eigenvalue weighted by Crippen LogP contribution is 2.36. The van der Waals surface area contributed by atoms with Crippen molar-refractivity contribution in [3.63, 3.8) is 0 Å². The van der Waals surface area contributed by atoms with Gasteiger partial charge in [-0.3, -0.25) is 4.79 Å². The van der Waals surface area contributed by atoms with Gasteiger partial charge in [0.05, 0.1) is 5.69 Å². The highest BCUT2D eigenvalue weighted by Gasteiger charge is 2.18. The number of alkyl halides is 2. The van der Waals surface area contributed by atoms with Crippen LogP contribution in [0.3, 0.4) is 0 Å². The van der Waals surface area contributed by atoms with E-state index in [0.717, 1.165) is 11.3 Å². The van der Waals surface area contributed by atoms with E-state index >= 15 is 0 Å². The number of ether oxygens (including phenoxy) is 2. The number of carbonyl (C=O) groups excluding carboxylic acids is 1. The molecule has 0 fully saturated rings. The summed E-state index contributed by atoms with van der Waals surface area (Å²) in [5.74, 6) is -1.95. The number of rotatable bonds is 7. The zero-order valence-corrected chi connectivity index (χ0v) is 20.6. The van der Waals surface area contributed by atoms with E-state index in [1.165, 1.54) is 30.3 Å². The lowest BCUT2D eigenvalue weighted by Crippen LogP contribution is -2.15. The number of aromatic nitrogens is 2. The van der Waals surface area contributed by atoms with E-state index in [1.807, 2.05) is 48.5 Å². The lowest BCUT2D eigenvalue weighted by Gasteiger charge is -2.18. The second-order valence-electron chi connectivity index (χ2n) is 8.10. The monoisotopic (exact) mass is 530 g/mol. The third kappa shape index (κ3) is 5.68. The van der Waals surface area contributed by atoms with Crippen LogP contribution in [0, 0.1) is 11.3 Å². The molecule has 0 unspecified atom stereocenters. The van der Waals surface area contributed by atoms with Gasteiger partial charge in [0, 0.05) is 27.9 Å². The van der Waals surface area contributed by atoms with Gasteiger partial charge in [-0.2, -0.15) is 19.1 Å². The average molecular weight is 531 g/mol. The van der Waals surface area contributed by atoms with E-state index in [0.29, 0.717) is 58.3 Å². The minimum absolute atomic E-state index is 0.151. The van der Waals surface area contributed by atoms with Crippen molar-refractivity contribution in [1.82, 2.24) is 9.78 Å². The maximum atomic E-state index is 12.9. The predicted octanol–water partition coefficient (Wildman–Crippen LogP) is 6.17. The fourth-order valence-electron chi connectivity index (χ4n) is 3.84. The fraction of sp³-hybridized carbons (Fsp3) is 0.107. The molecule has 1 aliphatic rings. The number of thioether (sulfide) groups is 1. The maximum Gasteiger partial charge on any atom is 0.288 e. The van der Waals surface area contributed by atoms with Crippen molar-refractivity contribution < 1.29 is 23.0 Å². The molecular weight excluding hydrogens is 510 g/mol. The Morgan fingerprint density at radius 1 is 1.05 bits per heavy atom. The molecule has 1 N–H and O–H groups in total. The molecular formula is C28H20F2N4O3S. The minimum atomic E-state index is -2.54. The molecule has 0 saturated carbocycles. The van der Waals surface area contributed by atoms with Gasteiger partial charge in [0.15, 0.2) is 11.5 Å². The largest absolute Gasteiger partial charge is 0.486 e. The van der Waals surface area contributed by atoms with E-state index in [9.17, 15) is 18.8 Å². The SMILES string of the molecule is N#C/C(=C\c1cn(-c2ccccc2)nc1-c1ccc2c(c1)OCCO2)C(=O)Nc1ccc(SC(F)F)cc1. The lowest BCUT2D eigenvalue weighted by atomic mass is 10.0. The van der Waals surface area contributed by atoms with Crippen LogP contribution in [0.25, 0.3) is 23.0 Å². The summed E-state index contributed by atoms with van der Waals surface area (Å²) in [6, 6.07) is 22.8. The van der Waals surface area contributed by atoms with E-state index in [2.05, 4.69) is 5.32 Å². The van der Waals surface area contributed by atoms with Crippen molar-refractivity contribution in [2.45, 2.75) is 10.7 Å². The zero-order chi connectivity index (χ0) is 26.5. The lowest BCUT2D eigenvalue weighted by molar-refractivity contribution is -0.112. The van der Waals surface area contributed by atoms with Crippen LogP contribution >= 0.6 is 11.8 Å². The van der Waals surface area contributed by atoms with Crippen molar-refractivity contribution in [3.05, 3.63) is 90.1 Å². The number of anilines is 1. The van der Waals surface area contributed by atoms with Crippen LogP contribution in [-0.2, 0) is 4.79 Å². The van der Waals surface area contributed by atoms with Crippen LogP contribution in [0.5, 0.6) is 11.5 Å². The number of amides is 1. The number of halogens is 2. The van der Waals surface area contributed by atoms with Crippen molar-refractivity contribution in [2.75, 3.05) is 18.5 Å². The van der Waals surface area contributed by atoms with Gasteiger partial charge in [0.2, 0.25) is 0 Å². The summed E-state index contributed by atoms with van der Waals surface area (Å²) in [4.78, 5) is 13.3. The Balaban J connectivity index is 1.48. The summed E-state index contributed by atoms with van der Waals surface area (Å²) in [7, 11) is 0. The molecule has 5 rings (SSSR count). The zero-order valence-electron chi connectivity index (χ0n) is 19.8. The Morgan fingerprint density at radius 2 is 1.79 bits per heavy atom. The summed E-state index contributed by atoms with van der Waals surface area (Å²) in [6.07, 6.45) is 3.21. The van der Waals surface area contributed by atoms with Crippen molar-refractivity contribution in [1.29, 1.82) is 5.26 Å². The Labute approximate surface area is 221 Å². The Kier molecular flexibility index (Phi) is 7.38. The summed E-state index contributed by atoms with van der Waals surface area (Å²) < 4.78 is 38.1. The van der Waals surface area contributed by atoms with Gasteiger partial charge >= 0.3 is 0 Å². The van der Waals surface area contributed by atoms with Crippen LogP contribution in [0.1, 0.15) is 5.56 Å². The molecule has 38 heavy (non-hydrogen) atoms. The summed E-state index contributed by atoms with van der Waals surface area (Å²) >= 11 is 0.411. The van der Waals surface area contributed by atoms with E-state index < -0.39 is 11.7 Å². The first kappa shape index (κ1) is 25.0. The molecule has 7 nitrogen and oxygen atoms in total. The third-order valence-electron chi connectivity index (χ3n) is 5.58. The number of benzene rings is 3. The summed E-state index contributed by atoms with van der Waals surface area (Å²) in [5, 5.41) is 17.2. The number of para-hydroxylation sites is 1. The van der Waals surface area contributed by atoms with Gasteiger partial charge in [-0.15, -0.1) is 0 Å². The van der Waals surface area contributed by atoms with Crippen LogP contribution in [0.15, 0.2) is 89.5 Å². The molecule has 0 radical (unpaired) electrons. The van der Waals surface area contributed by atoms with Gasteiger partial charge < -0.3 is 14.8 Å². The normalized spacial score (nSPS) is 12.7. The number of hydrogen-bond donors (Lipinski definition) is 1. The highest BCUT2D eigenvalue weighted by molar-refractivity contribution is 7.99. The molecule has 1 aromatic heterocycles. The van der Waals surface area contributed by atoms with Crippen molar-refractivity contribution in [2.24, 2.45) is 0 Å². The van der Waals surface area contributed by atoms with Crippen molar-refractivity contribution >= 4 is 29.4 Å². The standard InChI is InChI=1S/C28H20F2N4O3S/c29-28(30)38-23-9-7-21(8-10-23)32-27(35)19(16-31)14-20-17-34(22-4-2-1-3-5-22)33-26(20)18-6-11-24-25(15-18)37-13-12-36-24/h1-11,14-15,17,28H,12-13H2,(H,32,35)/b19-14+. The first-order chi connectivity index (χ1) is 18.5. The molecule has 0 spiro atoms. The fourth-order valence-corrected chi connectivity index (χ4v) is 4.34. The predicted molar refractivity (Wildman–Crippen MR) is 141 cm³/mol. The molecule has 4 aromatic rings. The van der Waals surface area contributed by atoms with Crippen LogP contribution < -0.4 is 14.8 Å². The van der Waals surface area contributed by atoms with E-state index in [4.69, 9.17) is 14.6 Å². The molecule has 0 atom stereocenters. The van der Waals surface area contributed by atoms with Crippen LogP contribution in [0.4, 0.5) is 14.5 Å². The summed E-state index contributed by atoms with van der Waals surface area (Å²) in [6.45, 7) is 0.902. The minimum Gasteiger partial charge on any atom is -0.486 e. The average Bonchev–Trinajstić information content (AvgIpc) is 3.36. The van der Waals surface area contributed by atoms with Crippen LogP contribution in [0.2, 0.25) is 0 Å². The van der Waals surface area contributed by atoms with Gasteiger partial charge in [-0.05, 0) is 60.7 Å². The Bertz CT molecular complexity index is 1530. The quantitative estimate of drug-likeness (QED) is 0.175. The Morgan fingerprint density at radius 3 is 2.50 bits per heavy atom. The first-order valence-electron chi connectivity index (χ1n) is 11.5. The summed E-state index contributed by atoms with van der Waals surface area (Å²) in [5.41, 5.74) is 2.83. The number of carbonyl (C=O) groups is 1. The molecule has 3 aromatic carbocycles. The highest BCUT2D eigenvalue weighted by atomic mass is 32.2. The van der Waals surface area contributed by atoms with Crippen molar-refractivity contribution in [3.8, 4) is 34.5 Å². The Hall–Kier alpha value is -4.62. The maximum absolute atomic E-state index is 12.9. The molecule has 190 valence electrons. The molecule has 10 heteroatoms. The number of fused-ring (bicyclic) bond motifs is 1. The molecule has 2 heterocycles. The third-order valence-corrected chi connectivity index (χ3v) is 6.30. The molecule has 0 bridgehead atoms. The number of hydrogen-bond acceptors (Lipinski definition) is 6. The number of nitrogens with zero attached hydrogens (tertiary/aromatic N) is 3. The van der Waals surface area contributed by atoms with Gasteiger partial charge in [-0.1, -0.05) is 30.0 Å². The van der Waals surface area contributed by atoms with Gasteiger partial charge in [0.1, 0.15) is 30.6 Å². The first-order valence-corrected chi connectivity index (χ1v) is 12.4. The number of nitrogens with one attached hydrogen (secondary N) is 1. The molecule has 1 amide bonds. The van der Waals surface area contributed by atoms with E-state index in [-0.39, 0.29) is 5.57 Å². The second-order valence-corrected chi connectivity index (χ2v) is 9.16. The topological polar surface area (TPSA) is 89.2 Å².